The van der Waals surface area contributed by atoms with Crippen molar-refractivity contribution in [2.45, 2.75) is 44.3 Å². The zero-order chi connectivity index (χ0) is 19.6. The Labute approximate surface area is 162 Å². The number of nitrogens with one attached hydrogen (secondary N) is 1. The number of methoxy groups -OCH3 is 1. The lowest BCUT2D eigenvalue weighted by Gasteiger charge is -2.51. The standard InChI is InChI=1S/C22H21NO5/c1-11-21-22(2,10-16(26-3)27-11)23-18-15(28-21)9-8-14-17(18)20(25)13-7-5-4-6-12(13)19(14)24/h4-9,11,16,21,23H,10H2,1-3H3/t11-,16+,21-,22+/m0/s1. The molecule has 1 N–H and O–H groups in total. The highest BCUT2D eigenvalue weighted by atomic mass is 16.7. The molecular weight excluding hydrogens is 358 g/mol. The Morgan fingerprint density at radius 2 is 1.79 bits per heavy atom. The number of rotatable bonds is 1. The van der Waals surface area contributed by atoms with E-state index in [9.17, 15) is 9.59 Å². The second kappa shape index (κ2) is 5.90. The van der Waals surface area contributed by atoms with Crippen LogP contribution in [-0.4, -0.2) is 42.7 Å². The van der Waals surface area contributed by atoms with E-state index in [0.717, 1.165) is 0 Å². The molecular formula is C22H21NO5. The van der Waals surface area contributed by atoms with Crippen LogP contribution < -0.4 is 10.1 Å². The molecule has 28 heavy (non-hydrogen) atoms. The maximum Gasteiger partial charge on any atom is 0.196 e. The van der Waals surface area contributed by atoms with Gasteiger partial charge in [-0.25, -0.2) is 0 Å². The van der Waals surface area contributed by atoms with Crippen LogP contribution in [0.3, 0.4) is 0 Å². The van der Waals surface area contributed by atoms with Gasteiger partial charge in [-0.05, 0) is 26.0 Å². The summed E-state index contributed by atoms with van der Waals surface area (Å²) in [6.45, 7) is 3.98. The van der Waals surface area contributed by atoms with Gasteiger partial charge >= 0.3 is 0 Å². The average Bonchev–Trinajstić information content (AvgIpc) is 2.69. The Hall–Kier alpha value is -2.70. The lowest BCUT2D eigenvalue weighted by molar-refractivity contribution is -0.220. The number of benzene rings is 2. The van der Waals surface area contributed by atoms with Crippen LogP contribution in [0, 0.1) is 0 Å². The van der Waals surface area contributed by atoms with E-state index in [1.54, 1.807) is 43.5 Å². The molecule has 0 spiro atoms. The molecule has 1 saturated heterocycles. The third-order valence-corrected chi connectivity index (χ3v) is 5.99. The van der Waals surface area contributed by atoms with Crippen LogP contribution in [0.15, 0.2) is 36.4 Å². The largest absolute Gasteiger partial charge is 0.483 e. The highest BCUT2D eigenvalue weighted by Crippen LogP contribution is 2.46. The van der Waals surface area contributed by atoms with E-state index in [1.807, 2.05) is 13.8 Å². The smallest absolute Gasteiger partial charge is 0.196 e. The van der Waals surface area contributed by atoms with Crippen molar-refractivity contribution in [2.75, 3.05) is 12.4 Å². The van der Waals surface area contributed by atoms with E-state index in [2.05, 4.69) is 5.32 Å². The molecule has 1 aliphatic carbocycles. The molecule has 0 unspecified atom stereocenters. The summed E-state index contributed by atoms with van der Waals surface area (Å²) in [4.78, 5) is 26.3. The van der Waals surface area contributed by atoms with Crippen LogP contribution in [0.4, 0.5) is 5.69 Å². The summed E-state index contributed by atoms with van der Waals surface area (Å²) in [5.41, 5.74) is 1.74. The maximum absolute atomic E-state index is 13.3. The maximum atomic E-state index is 13.3. The van der Waals surface area contributed by atoms with E-state index >= 15 is 0 Å². The normalized spacial score (nSPS) is 30.3. The summed E-state index contributed by atoms with van der Waals surface area (Å²) < 4.78 is 17.6. The first-order chi connectivity index (χ1) is 13.4. The average molecular weight is 379 g/mol. The Bertz CT molecular complexity index is 1020. The van der Waals surface area contributed by atoms with Crippen LogP contribution in [-0.2, 0) is 9.47 Å². The predicted molar refractivity (Wildman–Crippen MR) is 102 cm³/mol. The van der Waals surface area contributed by atoms with Gasteiger partial charge in [0.1, 0.15) is 11.9 Å². The minimum atomic E-state index is -0.499. The van der Waals surface area contributed by atoms with Crippen molar-refractivity contribution in [3.8, 4) is 5.75 Å². The lowest BCUT2D eigenvalue weighted by atomic mass is 9.79. The summed E-state index contributed by atoms with van der Waals surface area (Å²) in [5.74, 6) is 0.258. The molecule has 0 saturated carbocycles. The van der Waals surface area contributed by atoms with Crippen LogP contribution in [0.5, 0.6) is 5.75 Å². The highest BCUT2D eigenvalue weighted by molar-refractivity contribution is 6.30. The molecule has 6 nitrogen and oxygen atoms in total. The van der Waals surface area contributed by atoms with Gasteiger partial charge in [-0.15, -0.1) is 0 Å². The van der Waals surface area contributed by atoms with Crippen LogP contribution >= 0.6 is 0 Å². The zero-order valence-corrected chi connectivity index (χ0v) is 15.9. The number of anilines is 1. The summed E-state index contributed by atoms with van der Waals surface area (Å²) in [6, 6.07) is 10.4. The molecule has 2 aliphatic heterocycles. The Kier molecular flexibility index (Phi) is 3.66. The second-order valence-electron chi connectivity index (χ2n) is 7.86. The van der Waals surface area contributed by atoms with Gasteiger partial charge < -0.3 is 19.5 Å². The van der Waals surface area contributed by atoms with Crippen molar-refractivity contribution < 1.29 is 23.8 Å². The number of ether oxygens (including phenoxy) is 3. The van der Waals surface area contributed by atoms with E-state index in [0.29, 0.717) is 40.1 Å². The van der Waals surface area contributed by atoms with Crippen molar-refractivity contribution in [3.05, 3.63) is 58.7 Å². The van der Waals surface area contributed by atoms with Crippen molar-refractivity contribution in [1.29, 1.82) is 0 Å². The third kappa shape index (κ3) is 2.28. The van der Waals surface area contributed by atoms with Gasteiger partial charge in [-0.1, -0.05) is 24.3 Å². The molecule has 4 atom stereocenters. The second-order valence-corrected chi connectivity index (χ2v) is 7.86. The number of carbonyl (C=O) groups excluding carboxylic acids is 2. The van der Waals surface area contributed by atoms with Crippen molar-refractivity contribution in [3.63, 3.8) is 0 Å². The lowest BCUT2D eigenvalue weighted by Crippen LogP contribution is -2.63. The zero-order valence-electron chi connectivity index (χ0n) is 15.9. The van der Waals surface area contributed by atoms with Crippen LogP contribution in [0.1, 0.15) is 52.1 Å². The molecule has 144 valence electrons. The SMILES string of the molecule is CO[C@H]1C[C@@]2(C)Nc3c(ccc4c3C(=O)c3ccccc3C4=O)O[C@H]2[C@H](C)O1. The van der Waals surface area contributed by atoms with Gasteiger partial charge in [-0.2, -0.15) is 0 Å². The predicted octanol–water partition coefficient (Wildman–Crippen LogP) is 3.17. The third-order valence-electron chi connectivity index (χ3n) is 5.99. The summed E-state index contributed by atoms with van der Waals surface area (Å²) in [7, 11) is 1.61. The molecule has 0 amide bonds. The van der Waals surface area contributed by atoms with Gasteiger partial charge in [0, 0.05) is 30.2 Å². The Balaban J connectivity index is 1.65. The van der Waals surface area contributed by atoms with E-state index in [1.165, 1.54) is 0 Å². The molecule has 0 radical (unpaired) electrons. The van der Waals surface area contributed by atoms with Crippen LogP contribution in [0.2, 0.25) is 0 Å². The van der Waals surface area contributed by atoms with Gasteiger partial charge in [-0.3, -0.25) is 9.59 Å². The topological polar surface area (TPSA) is 73.9 Å². The molecule has 1 fully saturated rings. The fraction of sp³-hybridized carbons (Fsp3) is 0.364. The Morgan fingerprint density at radius 3 is 2.50 bits per heavy atom. The number of hydrogen-bond donors (Lipinski definition) is 1. The van der Waals surface area contributed by atoms with E-state index in [4.69, 9.17) is 14.2 Å². The van der Waals surface area contributed by atoms with Gasteiger partial charge in [0.25, 0.3) is 0 Å². The molecule has 2 heterocycles. The monoisotopic (exact) mass is 379 g/mol. The van der Waals surface area contributed by atoms with Crippen molar-refractivity contribution in [1.82, 2.24) is 0 Å². The summed E-state index contributed by atoms with van der Waals surface area (Å²) in [6.07, 6.45) is -0.253. The number of hydrogen-bond acceptors (Lipinski definition) is 6. The summed E-state index contributed by atoms with van der Waals surface area (Å²) in [5, 5.41) is 3.52. The fourth-order valence-corrected chi connectivity index (χ4v) is 4.64. The molecule has 6 heteroatoms. The fourth-order valence-electron chi connectivity index (χ4n) is 4.64. The minimum Gasteiger partial charge on any atom is -0.483 e. The van der Waals surface area contributed by atoms with E-state index < -0.39 is 5.54 Å². The van der Waals surface area contributed by atoms with Gasteiger partial charge in [0.05, 0.1) is 22.9 Å². The Morgan fingerprint density at radius 1 is 1.07 bits per heavy atom. The highest BCUT2D eigenvalue weighted by Gasteiger charge is 2.51. The minimum absolute atomic E-state index is 0.141. The van der Waals surface area contributed by atoms with Crippen LogP contribution in [0.25, 0.3) is 0 Å². The molecule has 0 aromatic heterocycles. The van der Waals surface area contributed by atoms with Crippen molar-refractivity contribution in [2.24, 2.45) is 0 Å². The van der Waals surface area contributed by atoms with Crippen molar-refractivity contribution >= 4 is 17.3 Å². The van der Waals surface area contributed by atoms with Gasteiger partial charge in [0.2, 0.25) is 0 Å². The molecule has 2 aromatic rings. The first-order valence-electron chi connectivity index (χ1n) is 9.41. The summed E-state index contributed by atoms with van der Waals surface area (Å²) >= 11 is 0. The number of carbonyl (C=O) groups is 2. The molecule has 2 aromatic carbocycles. The first-order valence-corrected chi connectivity index (χ1v) is 9.41. The molecule has 3 aliphatic rings. The number of fused-ring (bicyclic) bond motifs is 5. The quantitative estimate of drug-likeness (QED) is 0.700. The van der Waals surface area contributed by atoms with Gasteiger partial charge in [0.15, 0.2) is 17.9 Å². The molecule has 0 bridgehead atoms. The number of ketones is 2. The van der Waals surface area contributed by atoms with E-state index in [-0.39, 0.29) is 30.1 Å². The first kappa shape index (κ1) is 17.4. The molecule has 5 rings (SSSR count).